The van der Waals surface area contributed by atoms with Gasteiger partial charge in [0, 0.05) is 85.6 Å². The highest BCUT2D eigenvalue weighted by atomic mass is 127. The van der Waals surface area contributed by atoms with Gasteiger partial charge in [-0.05, 0) is 35.9 Å². The van der Waals surface area contributed by atoms with Crippen LogP contribution in [0.25, 0.3) is 44.2 Å². The van der Waals surface area contributed by atoms with E-state index < -0.39 is 0 Å². The van der Waals surface area contributed by atoms with E-state index in [0.29, 0.717) is 18.7 Å². The van der Waals surface area contributed by atoms with E-state index in [1.807, 2.05) is 60.7 Å². The molecule has 0 fully saturated rings. The van der Waals surface area contributed by atoms with Crippen LogP contribution in [0.1, 0.15) is 6.92 Å². The van der Waals surface area contributed by atoms with Gasteiger partial charge in [0.05, 0.1) is 17.8 Å². The van der Waals surface area contributed by atoms with Crippen LogP contribution in [0.15, 0.2) is 77.9 Å². The fourth-order valence-electron chi connectivity index (χ4n) is 5.30. The minimum absolute atomic E-state index is 0.0106. The van der Waals surface area contributed by atoms with E-state index >= 15 is 0 Å². The number of fused-ring (bicyclic) bond motifs is 2. The third-order valence-electron chi connectivity index (χ3n) is 7.68. The first kappa shape index (κ1) is 27.5. The fraction of sp³-hybridized carbons (Fsp3) is 0.226. The molecule has 6 rings (SSSR count). The Hall–Kier alpha value is -3.64. The molecule has 0 saturated carbocycles. The number of carbonyl (C=O) groups excluding carboxylic acids is 1. The van der Waals surface area contributed by atoms with Crippen LogP contribution in [0, 0.1) is 0 Å². The number of carbonyl (C=O) groups is 1. The van der Waals surface area contributed by atoms with Crippen molar-refractivity contribution in [1.82, 2.24) is 18.4 Å². The molecule has 10 heteroatoms. The van der Waals surface area contributed by atoms with Gasteiger partial charge in [0.15, 0.2) is 13.1 Å². The third-order valence-corrected chi connectivity index (χ3v) is 9.41. The first-order valence-electron chi connectivity index (χ1n) is 13.3. The van der Waals surface area contributed by atoms with Crippen LogP contribution < -0.4 is 10.3 Å². The van der Waals surface area contributed by atoms with Gasteiger partial charge in [0.2, 0.25) is 5.71 Å². The highest BCUT2D eigenvalue weighted by molar-refractivity contribution is 14.2. The van der Waals surface area contributed by atoms with Gasteiger partial charge in [-0.15, -0.1) is 0 Å². The van der Waals surface area contributed by atoms with E-state index in [1.165, 1.54) is 9.12 Å². The van der Waals surface area contributed by atoms with Crippen molar-refractivity contribution in [2.24, 2.45) is 7.05 Å². The Morgan fingerprint density at radius 3 is 2.59 bits per heavy atom. The van der Waals surface area contributed by atoms with Crippen LogP contribution >= 0.6 is 30.3 Å². The van der Waals surface area contributed by atoms with Crippen molar-refractivity contribution in [3.63, 3.8) is 0 Å². The second-order valence-corrected chi connectivity index (χ2v) is 11.9. The third kappa shape index (κ3) is 5.26. The van der Waals surface area contributed by atoms with Crippen molar-refractivity contribution >= 4 is 63.7 Å². The van der Waals surface area contributed by atoms with Gasteiger partial charge in [-0.2, -0.15) is 0 Å². The summed E-state index contributed by atoms with van der Waals surface area (Å²) in [6, 6.07) is 20.3. The van der Waals surface area contributed by atoms with Gasteiger partial charge < -0.3 is 14.2 Å². The standard InChI is InChI=1S/C31H29IN5O3S/c1-20-30(38)34(2)14-15-36(20)16-17-40-24-9-11-28-23(18-24)8-10-27(33-28)22-6-4-21(5-7-22)26-19-35(3)31(39)29-25(26)12-13-37(29)41-32/h4-13,18-19H,14-17H2,1-3H3/q+1. The minimum atomic E-state index is -0.0106. The molecule has 0 bridgehead atoms. The van der Waals surface area contributed by atoms with E-state index in [2.05, 4.69) is 56.1 Å². The predicted octanol–water partition coefficient (Wildman–Crippen LogP) is 5.39. The molecule has 0 saturated heterocycles. The number of nitrogens with zero attached hydrogens (tertiary/aromatic N) is 5. The van der Waals surface area contributed by atoms with Crippen LogP contribution in [0.3, 0.4) is 0 Å². The number of hydrogen-bond donors (Lipinski definition) is 0. The zero-order chi connectivity index (χ0) is 28.7. The quantitative estimate of drug-likeness (QED) is 0.171. The number of hydrogen-bond acceptors (Lipinski definition) is 5. The summed E-state index contributed by atoms with van der Waals surface area (Å²) < 4.78 is 11.7. The molecule has 4 heterocycles. The van der Waals surface area contributed by atoms with Crippen molar-refractivity contribution in [1.29, 1.82) is 0 Å². The monoisotopic (exact) mass is 678 g/mol. The number of halogens is 1. The molecule has 1 aliphatic rings. The van der Waals surface area contributed by atoms with Crippen molar-refractivity contribution < 1.29 is 14.1 Å². The smallest absolute Gasteiger partial charge is 0.313 e. The summed E-state index contributed by atoms with van der Waals surface area (Å²) in [7, 11) is 5.11. The number of likely N-dealkylation sites (N-methyl/N-ethyl adjacent to an activating group) is 1. The molecule has 3 aromatic heterocycles. The highest BCUT2D eigenvalue weighted by Gasteiger charge is 2.27. The van der Waals surface area contributed by atoms with Crippen LogP contribution in [0.2, 0.25) is 0 Å². The van der Waals surface area contributed by atoms with Gasteiger partial charge in [-0.25, -0.2) is 9.56 Å². The average Bonchev–Trinajstić information content (AvgIpc) is 3.43. The average molecular weight is 679 g/mol. The summed E-state index contributed by atoms with van der Waals surface area (Å²) in [6.45, 7) is 4.60. The lowest BCUT2D eigenvalue weighted by atomic mass is 10.0. The maximum absolute atomic E-state index is 12.8. The number of pyridine rings is 2. The maximum atomic E-state index is 12.8. The molecule has 8 nitrogen and oxygen atoms in total. The van der Waals surface area contributed by atoms with Crippen molar-refractivity contribution in [2.45, 2.75) is 6.92 Å². The Morgan fingerprint density at radius 2 is 1.80 bits per heavy atom. The Balaban J connectivity index is 1.19. The Labute approximate surface area is 254 Å². The molecule has 0 aliphatic carbocycles. The first-order valence-corrected chi connectivity index (χ1v) is 16.6. The second-order valence-electron chi connectivity index (χ2n) is 10.2. The zero-order valence-electron chi connectivity index (χ0n) is 23.0. The van der Waals surface area contributed by atoms with E-state index in [-0.39, 0.29) is 11.5 Å². The number of aryl methyl sites for hydroxylation is 1. The number of rotatable bonds is 7. The number of aromatic nitrogens is 3. The zero-order valence-corrected chi connectivity index (χ0v) is 26.0. The molecule has 0 unspecified atom stereocenters. The molecule has 5 aromatic rings. The number of amides is 1. The number of ether oxygens (including phenoxy) is 1. The summed E-state index contributed by atoms with van der Waals surface area (Å²) in [5.74, 6) is 0.862. The van der Waals surface area contributed by atoms with Crippen LogP contribution in [0.4, 0.5) is 0 Å². The van der Waals surface area contributed by atoms with Gasteiger partial charge >= 0.3 is 5.91 Å². The summed E-state index contributed by atoms with van der Waals surface area (Å²) in [4.78, 5) is 31.6. The number of benzene rings is 2. The second kappa shape index (κ2) is 11.3. The maximum Gasteiger partial charge on any atom is 0.313 e. The topological polar surface area (TPSA) is 72.4 Å². The molecule has 41 heavy (non-hydrogen) atoms. The predicted molar refractivity (Wildman–Crippen MR) is 174 cm³/mol. The molecule has 0 N–H and O–H groups in total. The largest absolute Gasteiger partial charge is 0.487 e. The lowest BCUT2D eigenvalue weighted by Gasteiger charge is -2.21. The van der Waals surface area contributed by atoms with E-state index in [0.717, 1.165) is 63.2 Å². The van der Waals surface area contributed by atoms with Gasteiger partial charge in [0.1, 0.15) is 17.9 Å². The van der Waals surface area contributed by atoms with E-state index in [9.17, 15) is 9.59 Å². The van der Waals surface area contributed by atoms with Gasteiger partial charge in [-0.1, -0.05) is 30.3 Å². The van der Waals surface area contributed by atoms with Crippen molar-refractivity contribution in [3.05, 3.63) is 83.4 Å². The Kier molecular flexibility index (Phi) is 7.60. The van der Waals surface area contributed by atoms with Gasteiger partial charge in [-0.3, -0.25) is 13.6 Å². The molecular weight excluding hydrogens is 649 g/mol. The molecule has 0 atom stereocenters. The molecule has 2 aromatic carbocycles. The summed E-state index contributed by atoms with van der Waals surface area (Å²) in [5, 5.41) is 1.95. The van der Waals surface area contributed by atoms with Gasteiger partial charge in [0.25, 0.3) is 5.56 Å². The van der Waals surface area contributed by atoms with Crippen LogP contribution in [-0.4, -0.2) is 67.9 Å². The lowest BCUT2D eigenvalue weighted by Crippen LogP contribution is -2.47. The Morgan fingerprint density at radius 1 is 1.02 bits per heavy atom. The summed E-state index contributed by atoms with van der Waals surface area (Å²) >= 11 is 2.19. The van der Waals surface area contributed by atoms with E-state index in [1.54, 1.807) is 16.5 Å². The lowest BCUT2D eigenvalue weighted by molar-refractivity contribution is -0.531. The summed E-state index contributed by atoms with van der Waals surface area (Å²) in [5.41, 5.74) is 6.31. The molecule has 0 spiro atoms. The minimum Gasteiger partial charge on any atom is -0.487 e. The molecule has 0 radical (unpaired) electrons. The first-order chi connectivity index (χ1) is 19.8. The van der Waals surface area contributed by atoms with Crippen LogP contribution in [-0.2, 0) is 11.8 Å². The van der Waals surface area contributed by atoms with Crippen LogP contribution in [0.5, 0.6) is 5.75 Å². The molecule has 1 aliphatic heterocycles. The SMILES string of the molecule is CC1=[N+](CCOc2ccc3nc(-c4ccc(-c5cn(C)c(=O)c6c5ccn6SI)cc4)ccc3c2)CCN(C)C1=O. The molecule has 1 amide bonds. The summed E-state index contributed by atoms with van der Waals surface area (Å²) in [6.07, 6.45) is 3.84. The highest BCUT2D eigenvalue weighted by Crippen LogP contribution is 2.32. The molecule has 208 valence electrons. The van der Waals surface area contributed by atoms with Crippen molar-refractivity contribution in [3.8, 4) is 28.1 Å². The fourth-order valence-corrected chi connectivity index (χ4v) is 6.63. The molecular formula is C31H29IN5O3S+. The Bertz CT molecular complexity index is 1890. The van der Waals surface area contributed by atoms with Crippen molar-refractivity contribution in [2.75, 3.05) is 33.3 Å². The van der Waals surface area contributed by atoms with E-state index in [4.69, 9.17) is 9.72 Å². The normalized spacial score (nSPS) is 14.0.